The van der Waals surface area contributed by atoms with Crippen LogP contribution in [-0.4, -0.2) is 42.3 Å². The second-order valence-electron chi connectivity index (χ2n) is 8.20. The molecule has 0 amide bonds. The number of aromatic nitrogens is 1. The van der Waals surface area contributed by atoms with Crippen LogP contribution in [0.1, 0.15) is 36.1 Å². The maximum atomic E-state index is 11.8. The summed E-state index contributed by atoms with van der Waals surface area (Å²) in [4.78, 5) is 7.08. The second-order valence-corrected chi connectivity index (χ2v) is 8.20. The number of hydrogen-bond donors (Lipinski definition) is 1. The van der Waals surface area contributed by atoms with Gasteiger partial charge in [-0.2, -0.15) is 0 Å². The van der Waals surface area contributed by atoms with Gasteiger partial charge in [0, 0.05) is 37.7 Å². The summed E-state index contributed by atoms with van der Waals surface area (Å²) in [7, 11) is 3.33. The van der Waals surface area contributed by atoms with Crippen molar-refractivity contribution < 1.29 is 14.6 Å². The molecule has 1 aromatic heterocycles. The Hall–Kier alpha value is -2.11. The molecule has 2 heterocycles. The summed E-state index contributed by atoms with van der Waals surface area (Å²) >= 11 is 0. The summed E-state index contributed by atoms with van der Waals surface area (Å²) < 4.78 is 10.8. The molecule has 2 atom stereocenters. The van der Waals surface area contributed by atoms with Gasteiger partial charge in [-0.25, -0.2) is 0 Å². The number of likely N-dealkylation sites (tertiary alicyclic amines) is 1. The first kappa shape index (κ1) is 19.2. The summed E-state index contributed by atoms with van der Waals surface area (Å²) in [6.45, 7) is 4.69. The Labute approximate surface area is 167 Å². The largest absolute Gasteiger partial charge is 0.493 e. The normalized spacial score (nSPS) is 27.4. The average Bonchev–Trinajstić information content (AvgIpc) is 2.69. The van der Waals surface area contributed by atoms with Crippen molar-refractivity contribution in [3.05, 3.63) is 53.3 Å². The number of methoxy groups -OCH3 is 2. The van der Waals surface area contributed by atoms with Gasteiger partial charge < -0.3 is 14.6 Å². The number of hydrogen-bond acceptors (Lipinski definition) is 5. The van der Waals surface area contributed by atoms with E-state index in [1.54, 1.807) is 14.2 Å². The van der Waals surface area contributed by atoms with E-state index in [4.69, 9.17) is 9.47 Å². The molecule has 4 rings (SSSR count). The van der Waals surface area contributed by atoms with Crippen molar-refractivity contribution in [3.63, 3.8) is 0 Å². The number of benzene rings is 1. The average molecular weight is 383 g/mol. The Bertz CT molecular complexity index is 824. The smallest absolute Gasteiger partial charge is 0.161 e. The van der Waals surface area contributed by atoms with Gasteiger partial charge in [0.15, 0.2) is 11.5 Å². The minimum Gasteiger partial charge on any atom is -0.493 e. The van der Waals surface area contributed by atoms with E-state index < -0.39 is 5.60 Å². The molecule has 1 aromatic carbocycles. The lowest BCUT2D eigenvalue weighted by atomic mass is 9.63. The Kier molecular flexibility index (Phi) is 5.30. The Balaban J connectivity index is 1.56. The van der Waals surface area contributed by atoms with Crippen LogP contribution in [-0.2, 0) is 12.1 Å². The number of rotatable bonds is 5. The Morgan fingerprint density at radius 3 is 2.46 bits per heavy atom. The molecule has 1 aliphatic carbocycles. The molecule has 150 valence electrons. The third kappa shape index (κ3) is 3.27. The van der Waals surface area contributed by atoms with Crippen LogP contribution in [0.25, 0.3) is 0 Å². The van der Waals surface area contributed by atoms with Crippen molar-refractivity contribution in [2.24, 2.45) is 11.8 Å². The highest BCUT2D eigenvalue weighted by molar-refractivity contribution is 5.43. The molecule has 5 nitrogen and oxygen atoms in total. The molecule has 28 heavy (non-hydrogen) atoms. The second kappa shape index (κ2) is 7.72. The first-order valence-electron chi connectivity index (χ1n) is 10.1. The number of nitrogens with zero attached hydrogens (tertiary/aromatic N) is 2. The fourth-order valence-electron chi connectivity index (χ4n) is 5.20. The van der Waals surface area contributed by atoms with E-state index in [0.717, 1.165) is 55.2 Å². The first-order chi connectivity index (χ1) is 13.6. The van der Waals surface area contributed by atoms with Crippen LogP contribution in [0.4, 0.5) is 0 Å². The van der Waals surface area contributed by atoms with Crippen LogP contribution in [0.3, 0.4) is 0 Å². The fraction of sp³-hybridized carbons (Fsp3) is 0.522. The van der Waals surface area contributed by atoms with Crippen molar-refractivity contribution in [1.82, 2.24) is 9.88 Å². The number of piperidine rings is 1. The van der Waals surface area contributed by atoms with Crippen LogP contribution in [0.15, 0.2) is 36.5 Å². The molecule has 5 heteroatoms. The number of ether oxygens (including phenoxy) is 2. The van der Waals surface area contributed by atoms with E-state index in [0.29, 0.717) is 0 Å². The van der Waals surface area contributed by atoms with Gasteiger partial charge in [0.05, 0.1) is 19.9 Å². The third-order valence-corrected chi connectivity index (χ3v) is 6.55. The zero-order valence-electron chi connectivity index (χ0n) is 17.0. The Morgan fingerprint density at radius 2 is 1.82 bits per heavy atom. The molecule has 1 saturated carbocycles. The van der Waals surface area contributed by atoms with Gasteiger partial charge in [-0.3, -0.25) is 9.88 Å². The Morgan fingerprint density at radius 1 is 1.11 bits per heavy atom. The summed E-state index contributed by atoms with van der Waals surface area (Å²) in [5.41, 5.74) is 2.37. The molecule has 1 N–H and O–H groups in total. The molecule has 2 fully saturated rings. The van der Waals surface area contributed by atoms with Gasteiger partial charge in [-0.1, -0.05) is 18.6 Å². The third-order valence-electron chi connectivity index (χ3n) is 6.55. The lowest BCUT2D eigenvalue weighted by molar-refractivity contribution is -0.151. The molecule has 2 aliphatic rings. The zero-order valence-corrected chi connectivity index (χ0v) is 17.0. The predicted molar refractivity (Wildman–Crippen MR) is 109 cm³/mol. The molecule has 2 aromatic rings. The fourth-order valence-corrected chi connectivity index (χ4v) is 5.20. The van der Waals surface area contributed by atoms with Crippen molar-refractivity contribution in [2.45, 2.75) is 38.3 Å². The van der Waals surface area contributed by atoms with Gasteiger partial charge in [0.25, 0.3) is 0 Å². The maximum absolute atomic E-state index is 11.8. The van der Waals surface area contributed by atoms with Gasteiger partial charge in [0.2, 0.25) is 0 Å². The van der Waals surface area contributed by atoms with Crippen LogP contribution in [0.5, 0.6) is 11.5 Å². The van der Waals surface area contributed by atoms with Crippen molar-refractivity contribution in [3.8, 4) is 11.5 Å². The van der Waals surface area contributed by atoms with Crippen LogP contribution >= 0.6 is 0 Å². The quantitative estimate of drug-likeness (QED) is 0.857. The highest BCUT2D eigenvalue weighted by Crippen LogP contribution is 2.49. The number of aryl methyl sites for hydroxylation is 1. The zero-order chi connectivity index (χ0) is 19.7. The molecule has 0 spiro atoms. The molecule has 1 saturated heterocycles. The van der Waals surface area contributed by atoms with Crippen LogP contribution in [0.2, 0.25) is 0 Å². The number of pyridine rings is 1. The minimum absolute atomic E-state index is 0.216. The maximum Gasteiger partial charge on any atom is 0.161 e. The van der Waals surface area contributed by atoms with Crippen LogP contribution in [0, 0.1) is 18.8 Å². The predicted octanol–water partition coefficient (Wildman–Crippen LogP) is 3.53. The highest BCUT2D eigenvalue weighted by atomic mass is 16.5. The highest BCUT2D eigenvalue weighted by Gasteiger charge is 2.52. The SMILES string of the molecule is COc1ccc(CN2C[C@H]3CCC[C@H](C2)C3(O)c2ncccc2C)cc1OC. The van der Waals surface area contributed by atoms with Gasteiger partial charge in [-0.05, 0) is 49.1 Å². The van der Waals surface area contributed by atoms with Crippen LogP contribution < -0.4 is 9.47 Å². The number of fused-ring (bicyclic) bond motifs is 2. The van der Waals surface area contributed by atoms with E-state index >= 15 is 0 Å². The van der Waals surface area contributed by atoms with Crippen molar-refractivity contribution >= 4 is 0 Å². The monoisotopic (exact) mass is 382 g/mol. The first-order valence-corrected chi connectivity index (χ1v) is 10.1. The molecule has 1 aliphatic heterocycles. The lowest BCUT2D eigenvalue weighted by Crippen LogP contribution is -2.58. The van der Waals surface area contributed by atoms with E-state index in [1.165, 1.54) is 12.0 Å². The van der Waals surface area contributed by atoms with Crippen molar-refractivity contribution in [2.75, 3.05) is 27.3 Å². The minimum atomic E-state index is -0.808. The van der Waals surface area contributed by atoms with E-state index in [-0.39, 0.29) is 11.8 Å². The van der Waals surface area contributed by atoms with E-state index in [1.807, 2.05) is 18.3 Å². The van der Waals surface area contributed by atoms with E-state index in [2.05, 4.69) is 35.0 Å². The summed E-state index contributed by atoms with van der Waals surface area (Å²) in [6, 6.07) is 10.1. The van der Waals surface area contributed by atoms with Gasteiger partial charge in [0.1, 0.15) is 5.60 Å². The van der Waals surface area contributed by atoms with E-state index in [9.17, 15) is 5.11 Å². The molecular weight excluding hydrogens is 352 g/mol. The summed E-state index contributed by atoms with van der Waals surface area (Å²) in [5.74, 6) is 1.95. The van der Waals surface area contributed by atoms with Gasteiger partial charge >= 0.3 is 0 Å². The standard InChI is InChI=1S/C23H30N2O3/c1-16-6-5-11-24-22(16)23(26)18-7-4-8-19(23)15-25(14-18)13-17-9-10-20(27-2)21(12-17)28-3/h5-6,9-12,18-19,26H,4,7-8,13-15H2,1-3H3/t18-,19-/m1/s1. The topological polar surface area (TPSA) is 54.8 Å². The molecular formula is C23H30N2O3. The molecule has 2 bridgehead atoms. The van der Waals surface area contributed by atoms with Gasteiger partial charge in [-0.15, -0.1) is 0 Å². The lowest BCUT2D eigenvalue weighted by Gasteiger charge is -2.53. The summed E-state index contributed by atoms with van der Waals surface area (Å²) in [5, 5.41) is 11.8. The number of aliphatic hydroxyl groups is 1. The molecule has 0 radical (unpaired) electrons. The van der Waals surface area contributed by atoms with Crippen molar-refractivity contribution in [1.29, 1.82) is 0 Å². The molecule has 0 unspecified atom stereocenters. The summed E-state index contributed by atoms with van der Waals surface area (Å²) in [6.07, 6.45) is 5.09.